The summed E-state index contributed by atoms with van der Waals surface area (Å²) in [7, 11) is 0. The van der Waals surface area contributed by atoms with Crippen LogP contribution < -0.4 is 5.32 Å². The van der Waals surface area contributed by atoms with E-state index >= 15 is 0 Å². The molecule has 6 heteroatoms. The molecule has 2 aromatic heterocycles. The number of aryl methyl sites for hydroxylation is 1. The van der Waals surface area contributed by atoms with Crippen LogP contribution in [-0.2, 0) is 12.0 Å². The number of benzene rings is 1. The van der Waals surface area contributed by atoms with E-state index in [0.717, 1.165) is 28.7 Å². The van der Waals surface area contributed by atoms with Crippen molar-refractivity contribution in [1.29, 1.82) is 5.26 Å². The van der Waals surface area contributed by atoms with Gasteiger partial charge in [0.25, 0.3) is 0 Å². The second-order valence-corrected chi connectivity index (χ2v) is 7.11. The molecule has 0 atom stereocenters. The molecule has 0 aliphatic rings. The summed E-state index contributed by atoms with van der Waals surface area (Å²) < 4.78 is 1.83. The number of H-pyrrole nitrogens is 1. The van der Waals surface area contributed by atoms with Crippen LogP contribution in [0.2, 0.25) is 0 Å². The van der Waals surface area contributed by atoms with Crippen molar-refractivity contribution in [3.05, 3.63) is 59.3 Å². The van der Waals surface area contributed by atoms with Gasteiger partial charge in [-0.1, -0.05) is 26.8 Å². The molecule has 2 heterocycles. The summed E-state index contributed by atoms with van der Waals surface area (Å²) in [4.78, 5) is 7.78. The summed E-state index contributed by atoms with van der Waals surface area (Å²) in [5, 5.41) is 17.0. The minimum atomic E-state index is 0.00216. The van der Waals surface area contributed by atoms with E-state index in [1.807, 2.05) is 42.1 Å². The van der Waals surface area contributed by atoms with Gasteiger partial charge < -0.3 is 10.3 Å². The van der Waals surface area contributed by atoms with Gasteiger partial charge in [0, 0.05) is 17.2 Å². The van der Waals surface area contributed by atoms with E-state index in [-0.39, 0.29) is 5.41 Å². The highest BCUT2D eigenvalue weighted by atomic mass is 15.3. The molecule has 3 rings (SSSR count). The third kappa shape index (κ3) is 3.72. The van der Waals surface area contributed by atoms with E-state index in [1.54, 1.807) is 6.07 Å². The Labute approximate surface area is 147 Å². The molecule has 6 nitrogen and oxygen atoms in total. The average Bonchev–Trinajstić information content (AvgIpc) is 3.19. The number of anilines is 1. The van der Waals surface area contributed by atoms with Crippen molar-refractivity contribution >= 4 is 5.82 Å². The largest absolute Gasteiger partial charge is 0.363 e. The van der Waals surface area contributed by atoms with Crippen molar-refractivity contribution in [1.82, 2.24) is 19.7 Å². The number of hydrogen-bond donors (Lipinski definition) is 2. The van der Waals surface area contributed by atoms with Crippen molar-refractivity contribution in [3.8, 4) is 11.8 Å². The average molecular weight is 334 g/mol. The lowest BCUT2D eigenvalue weighted by atomic mass is 9.96. The number of aromatic amines is 1. The van der Waals surface area contributed by atoms with Crippen molar-refractivity contribution < 1.29 is 0 Å². The summed E-state index contributed by atoms with van der Waals surface area (Å²) in [5.74, 6) is 1.76. The van der Waals surface area contributed by atoms with Crippen LogP contribution in [0.4, 0.5) is 5.82 Å². The number of imidazole rings is 1. The second kappa shape index (κ2) is 6.44. The van der Waals surface area contributed by atoms with Crippen LogP contribution in [0.3, 0.4) is 0 Å². The first kappa shape index (κ1) is 16.8. The predicted octanol–water partition coefficient (Wildman–Crippen LogP) is 3.69. The van der Waals surface area contributed by atoms with Crippen molar-refractivity contribution in [2.24, 2.45) is 0 Å². The van der Waals surface area contributed by atoms with E-state index in [2.05, 4.69) is 47.2 Å². The highest BCUT2D eigenvalue weighted by Crippen LogP contribution is 2.19. The van der Waals surface area contributed by atoms with Crippen molar-refractivity contribution in [2.45, 2.75) is 39.7 Å². The van der Waals surface area contributed by atoms with Gasteiger partial charge in [-0.05, 0) is 25.1 Å². The van der Waals surface area contributed by atoms with Crippen LogP contribution >= 0.6 is 0 Å². The van der Waals surface area contributed by atoms with E-state index in [1.165, 1.54) is 0 Å². The maximum Gasteiger partial charge on any atom is 0.149 e. The first-order valence-corrected chi connectivity index (χ1v) is 8.22. The molecule has 0 radical (unpaired) electrons. The van der Waals surface area contributed by atoms with Gasteiger partial charge in [-0.25, -0.2) is 9.67 Å². The summed E-state index contributed by atoms with van der Waals surface area (Å²) in [6.45, 7) is 9.00. The second-order valence-electron chi connectivity index (χ2n) is 7.11. The monoisotopic (exact) mass is 334 g/mol. The minimum absolute atomic E-state index is 0.00216. The zero-order valence-electron chi connectivity index (χ0n) is 15.0. The molecule has 0 amide bonds. The fourth-order valence-electron chi connectivity index (χ4n) is 2.55. The van der Waals surface area contributed by atoms with E-state index in [0.29, 0.717) is 12.1 Å². The summed E-state index contributed by atoms with van der Waals surface area (Å²) in [5.41, 5.74) is 3.51. The van der Waals surface area contributed by atoms with Gasteiger partial charge in [0.2, 0.25) is 0 Å². The maximum absolute atomic E-state index is 9.05. The third-order valence-corrected chi connectivity index (χ3v) is 3.91. The molecule has 0 saturated heterocycles. The van der Waals surface area contributed by atoms with Gasteiger partial charge in [0.05, 0.1) is 35.8 Å². The zero-order valence-corrected chi connectivity index (χ0v) is 15.0. The van der Waals surface area contributed by atoms with Crippen LogP contribution in [0.25, 0.3) is 5.69 Å². The van der Waals surface area contributed by atoms with Crippen LogP contribution in [0.1, 0.15) is 43.5 Å². The van der Waals surface area contributed by atoms with E-state index in [9.17, 15) is 0 Å². The van der Waals surface area contributed by atoms with Gasteiger partial charge in [-0.15, -0.1) is 0 Å². The van der Waals surface area contributed by atoms with E-state index in [4.69, 9.17) is 5.26 Å². The van der Waals surface area contributed by atoms with E-state index < -0.39 is 0 Å². The highest BCUT2D eigenvalue weighted by molar-refractivity contribution is 5.45. The Morgan fingerprint density at radius 1 is 1.28 bits per heavy atom. The molecule has 2 N–H and O–H groups in total. The van der Waals surface area contributed by atoms with Gasteiger partial charge in [-0.2, -0.15) is 10.4 Å². The Morgan fingerprint density at radius 2 is 2.08 bits per heavy atom. The Bertz CT molecular complexity index is 920. The molecule has 0 aliphatic heterocycles. The number of hydrogen-bond acceptors (Lipinski definition) is 4. The number of nitrogens with one attached hydrogen (secondary N) is 2. The zero-order chi connectivity index (χ0) is 18.0. The van der Waals surface area contributed by atoms with Crippen molar-refractivity contribution in [3.63, 3.8) is 0 Å². The molecule has 0 spiro atoms. The van der Waals surface area contributed by atoms with Crippen molar-refractivity contribution in [2.75, 3.05) is 5.32 Å². The standard InChI is InChI=1S/C19H22N6/c1-13-8-17(21-11-15-12-22-18(23-15)19(2,3)4)24-25(13)16-7-5-6-14(9-16)10-20/h5-9,12H,11H2,1-4H3,(H,21,24)(H,22,23). The fraction of sp³-hybridized carbons (Fsp3) is 0.316. The first-order valence-electron chi connectivity index (χ1n) is 8.22. The molecular formula is C19H22N6. The Morgan fingerprint density at radius 3 is 2.76 bits per heavy atom. The molecule has 0 saturated carbocycles. The SMILES string of the molecule is Cc1cc(NCc2cnc(C(C)(C)C)[nH]2)nn1-c1cccc(C#N)c1. The lowest BCUT2D eigenvalue weighted by Gasteiger charge is -2.14. The van der Waals surface area contributed by atoms with Gasteiger partial charge in [0.1, 0.15) is 11.6 Å². The van der Waals surface area contributed by atoms with Crippen LogP contribution in [-0.4, -0.2) is 19.7 Å². The maximum atomic E-state index is 9.05. The molecule has 25 heavy (non-hydrogen) atoms. The van der Waals surface area contributed by atoms with Crippen LogP contribution in [0.15, 0.2) is 36.5 Å². The molecule has 0 aliphatic carbocycles. The molecule has 0 bridgehead atoms. The summed E-state index contributed by atoms with van der Waals surface area (Å²) in [6, 6.07) is 11.6. The van der Waals surface area contributed by atoms with Gasteiger partial charge in [0.15, 0.2) is 0 Å². The van der Waals surface area contributed by atoms with Crippen LogP contribution in [0.5, 0.6) is 0 Å². The molecule has 1 aromatic carbocycles. The normalized spacial score (nSPS) is 11.3. The third-order valence-electron chi connectivity index (χ3n) is 3.91. The fourth-order valence-corrected chi connectivity index (χ4v) is 2.55. The van der Waals surface area contributed by atoms with Gasteiger partial charge >= 0.3 is 0 Å². The Balaban J connectivity index is 1.74. The topological polar surface area (TPSA) is 82.3 Å². The van der Waals surface area contributed by atoms with Gasteiger partial charge in [-0.3, -0.25) is 0 Å². The number of nitriles is 1. The molecule has 3 aromatic rings. The summed E-state index contributed by atoms with van der Waals surface area (Å²) in [6.07, 6.45) is 1.85. The number of nitrogens with zero attached hydrogens (tertiary/aromatic N) is 4. The molecule has 128 valence electrons. The Hall–Kier alpha value is -3.07. The quantitative estimate of drug-likeness (QED) is 0.762. The lowest BCUT2D eigenvalue weighted by molar-refractivity contribution is 0.551. The minimum Gasteiger partial charge on any atom is -0.363 e. The smallest absolute Gasteiger partial charge is 0.149 e. The van der Waals surface area contributed by atoms with Crippen LogP contribution in [0, 0.1) is 18.3 Å². The lowest BCUT2D eigenvalue weighted by Crippen LogP contribution is -2.13. The summed E-state index contributed by atoms with van der Waals surface area (Å²) >= 11 is 0. The first-order chi connectivity index (χ1) is 11.9. The Kier molecular flexibility index (Phi) is 4.32. The number of rotatable bonds is 4. The predicted molar refractivity (Wildman–Crippen MR) is 97.6 cm³/mol. The molecule has 0 unspecified atom stereocenters. The highest BCUT2D eigenvalue weighted by Gasteiger charge is 2.17. The molecular weight excluding hydrogens is 312 g/mol. The number of aromatic nitrogens is 4. The molecule has 0 fully saturated rings.